The first kappa shape index (κ1) is 24.1. The summed E-state index contributed by atoms with van der Waals surface area (Å²) < 4.78 is 21.1. The van der Waals surface area contributed by atoms with E-state index in [9.17, 15) is 9.36 Å². The van der Waals surface area contributed by atoms with Crippen molar-refractivity contribution < 1.29 is 28.4 Å². The average Bonchev–Trinajstić information content (AvgIpc) is 2.64. The van der Waals surface area contributed by atoms with E-state index in [0.29, 0.717) is 19.4 Å². The number of aryl methyl sites for hydroxylation is 2. The highest BCUT2D eigenvalue weighted by atomic mass is 31.2. The predicted octanol–water partition coefficient (Wildman–Crippen LogP) is 3.03. The molecule has 0 atom stereocenters. The van der Waals surface area contributed by atoms with E-state index in [0.717, 1.165) is 17.7 Å². The molecular weight excluding hydrogens is 407 g/mol. The number of carbonyl (C=O) groups is 1. The van der Waals surface area contributed by atoms with Gasteiger partial charge in [-0.25, -0.2) is 4.57 Å². The molecule has 0 aromatic heterocycles. The standard InChI is InChI=1S/C21H26NO6P.H3N/c1-16-2-4-18(5-3-16)12-13-27-19-9-6-17(7-10-19)8-11-21(23)22-14-20(15-22)28-29(24,25)26;/h2-7,9-10,20H,8,11-15H2,1H3,(H2,24,25,26);1H3. The van der Waals surface area contributed by atoms with Crippen molar-refractivity contribution in [2.24, 2.45) is 0 Å². The molecule has 1 heterocycles. The number of rotatable bonds is 9. The fourth-order valence-electron chi connectivity index (χ4n) is 3.11. The van der Waals surface area contributed by atoms with E-state index in [4.69, 9.17) is 14.5 Å². The summed E-state index contributed by atoms with van der Waals surface area (Å²) in [6, 6.07) is 16.1. The third-order valence-electron chi connectivity index (χ3n) is 4.82. The van der Waals surface area contributed by atoms with E-state index in [1.807, 2.05) is 24.3 Å². The summed E-state index contributed by atoms with van der Waals surface area (Å²) >= 11 is 0. The molecule has 8 nitrogen and oxygen atoms in total. The summed E-state index contributed by atoms with van der Waals surface area (Å²) in [4.78, 5) is 31.2. The van der Waals surface area contributed by atoms with Gasteiger partial charge in [-0.15, -0.1) is 0 Å². The zero-order chi connectivity index (χ0) is 20.9. The van der Waals surface area contributed by atoms with Gasteiger partial charge in [-0.1, -0.05) is 42.0 Å². The van der Waals surface area contributed by atoms with Gasteiger partial charge >= 0.3 is 7.82 Å². The molecule has 2 aromatic rings. The van der Waals surface area contributed by atoms with Crippen LogP contribution in [0.5, 0.6) is 5.75 Å². The average molecular weight is 436 g/mol. The van der Waals surface area contributed by atoms with Crippen LogP contribution in [0, 0.1) is 6.92 Å². The highest BCUT2D eigenvalue weighted by Gasteiger charge is 2.35. The quantitative estimate of drug-likeness (QED) is 0.515. The maximum atomic E-state index is 12.1. The molecule has 5 N–H and O–H groups in total. The number of amides is 1. The van der Waals surface area contributed by atoms with Crippen molar-refractivity contribution in [1.29, 1.82) is 0 Å². The van der Waals surface area contributed by atoms with Gasteiger partial charge in [-0.2, -0.15) is 0 Å². The fraction of sp³-hybridized carbons (Fsp3) is 0.381. The van der Waals surface area contributed by atoms with Crippen LogP contribution in [0.25, 0.3) is 0 Å². The first-order valence-electron chi connectivity index (χ1n) is 9.57. The molecule has 1 saturated heterocycles. The van der Waals surface area contributed by atoms with E-state index in [-0.39, 0.29) is 25.1 Å². The van der Waals surface area contributed by atoms with Gasteiger partial charge in [0.15, 0.2) is 0 Å². The van der Waals surface area contributed by atoms with Crippen LogP contribution in [-0.4, -0.2) is 46.4 Å². The minimum atomic E-state index is -4.49. The smallest absolute Gasteiger partial charge is 0.469 e. The zero-order valence-corrected chi connectivity index (χ0v) is 18.0. The monoisotopic (exact) mass is 436 g/mol. The number of carbonyl (C=O) groups excluding carboxylic acids is 1. The second-order valence-electron chi connectivity index (χ2n) is 7.24. The van der Waals surface area contributed by atoms with Crippen molar-refractivity contribution in [2.45, 2.75) is 32.3 Å². The molecule has 0 saturated carbocycles. The van der Waals surface area contributed by atoms with Crippen molar-refractivity contribution in [3.8, 4) is 5.75 Å². The van der Waals surface area contributed by atoms with Gasteiger partial charge in [-0.05, 0) is 36.6 Å². The summed E-state index contributed by atoms with van der Waals surface area (Å²) in [6.45, 7) is 3.11. The van der Waals surface area contributed by atoms with Crippen molar-refractivity contribution in [3.63, 3.8) is 0 Å². The molecule has 9 heteroatoms. The normalized spacial score (nSPS) is 14.0. The summed E-state index contributed by atoms with van der Waals surface area (Å²) in [5.74, 6) is 0.751. The molecule has 1 aliphatic rings. The minimum absolute atomic E-state index is 0. The molecule has 30 heavy (non-hydrogen) atoms. The molecule has 1 aliphatic heterocycles. The number of phosphoric acid groups is 1. The Balaban J connectivity index is 0.00000320. The number of nitrogens with zero attached hydrogens (tertiary/aromatic N) is 1. The van der Waals surface area contributed by atoms with Gasteiger partial charge in [0.05, 0.1) is 6.61 Å². The zero-order valence-electron chi connectivity index (χ0n) is 17.1. The summed E-state index contributed by atoms with van der Waals surface area (Å²) in [6.07, 6.45) is 1.20. The molecule has 1 fully saturated rings. The molecule has 0 unspecified atom stereocenters. The lowest BCUT2D eigenvalue weighted by Gasteiger charge is -2.38. The molecule has 3 rings (SSSR count). The second-order valence-corrected chi connectivity index (χ2v) is 8.44. The molecule has 2 aromatic carbocycles. The van der Waals surface area contributed by atoms with Gasteiger partial charge < -0.3 is 25.6 Å². The summed E-state index contributed by atoms with van der Waals surface area (Å²) in [5.41, 5.74) is 3.52. The lowest BCUT2D eigenvalue weighted by atomic mass is 10.1. The molecular formula is C21H29N2O6P. The summed E-state index contributed by atoms with van der Waals surface area (Å²) in [7, 11) is -4.49. The first-order valence-corrected chi connectivity index (χ1v) is 11.1. The number of likely N-dealkylation sites (tertiary alicyclic amines) is 1. The largest absolute Gasteiger partial charge is 0.493 e. The van der Waals surface area contributed by atoms with Crippen LogP contribution in [0.15, 0.2) is 48.5 Å². The Morgan fingerprint density at radius 1 is 1.03 bits per heavy atom. The van der Waals surface area contributed by atoms with Gasteiger partial charge in [-0.3, -0.25) is 9.32 Å². The van der Waals surface area contributed by atoms with Crippen LogP contribution in [0.1, 0.15) is 23.1 Å². The highest BCUT2D eigenvalue weighted by molar-refractivity contribution is 7.46. The van der Waals surface area contributed by atoms with Crippen molar-refractivity contribution in [1.82, 2.24) is 11.1 Å². The molecule has 0 aliphatic carbocycles. The molecule has 0 radical (unpaired) electrons. The van der Waals surface area contributed by atoms with Crippen LogP contribution in [0.2, 0.25) is 0 Å². The van der Waals surface area contributed by atoms with Crippen LogP contribution >= 0.6 is 7.82 Å². The third kappa shape index (κ3) is 7.55. The van der Waals surface area contributed by atoms with E-state index in [1.165, 1.54) is 11.1 Å². The van der Waals surface area contributed by atoms with Gasteiger partial charge in [0.2, 0.25) is 5.91 Å². The van der Waals surface area contributed by atoms with E-state index < -0.39 is 13.9 Å². The Labute approximate surface area is 176 Å². The number of ether oxygens (including phenoxy) is 1. The molecule has 164 valence electrons. The third-order valence-corrected chi connectivity index (χ3v) is 5.39. The number of phosphoric ester groups is 1. The molecule has 0 bridgehead atoms. The van der Waals surface area contributed by atoms with Crippen LogP contribution < -0.4 is 10.9 Å². The fourth-order valence-corrected chi connectivity index (χ4v) is 3.63. The Morgan fingerprint density at radius 2 is 1.60 bits per heavy atom. The van der Waals surface area contributed by atoms with Gasteiger partial charge in [0.25, 0.3) is 0 Å². The lowest BCUT2D eigenvalue weighted by Crippen LogP contribution is -2.54. The van der Waals surface area contributed by atoms with Crippen LogP contribution in [0.4, 0.5) is 0 Å². The van der Waals surface area contributed by atoms with Crippen molar-refractivity contribution in [3.05, 3.63) is 65.2 Å². The van der Waals surface area contributed by atoms with Crippen LogP contribution in [-0.2, 0) is 26.7 Å². The Kier molecular flexibility index (Phi) is 8.58. The predicted molar refractivity (Wildman–Crippen MR) is 114 cm³/mol. The van der Waals surface area contributed by atoms with E-state index >= 15 is 0 Å². The first-order chi connectivity index (χ1) is 13.8. The van der Waals surface area contributed by atoms with E-state index in [2.05, 4.69) is 35.7 Å². The van der Waals surface area contributed by atoms with Crippen molar-refractivity contribution in [2.75, 3.05) is 19.7 Å². The maximum absolute atomic E-state index is 12.1. The molecule has 1 amide bonds. The molecule has 0 spiro atoms. The minimum Gasteiger partial charge on any atom is -0.493 e. The second kappa shape index (κ2) is 10.7. The highest BCUT2D eigenvalue weighted by Crippen LogP contribution is 2.39. The summed E-state index contributed by atoms with van der Waals surface area (Å²) in [5, 5.41) is 0. The SMILES string of the molecule is Cc1ccc(CCOc2ccc(CCC(=O)N3CC(OP(=O)(O)O)C3)cc2)cc1.N. The van der Waals surface area contributed by atoms with Crippen molar-refractivity contribution >= 4 is 13.7 Å². The number of hydrogen-bond acceptors (Lipinski definition) is 5. The van der Waals surface area contributed by atoms with E-state index in [1.54, 1.807) is 4.90 Å². The lowest BCUT2D eigenvalue weighted by molar-refractivity contribution is -0.140. The Bertz CT molecular complexity index is 860. The number of hydrogen-bond donors (Lipinski definition) is 3. The van der Waals surface area contributed by atoms with Gasteiger partial charge in [0, 0.05) is 25.9 Å². The Hall–Kier alpha value is -2.22. The van der Waals surface area contributed by atoms with Gasteiger partial charge in [0.1, 0.15) is 11.9 Å². The Morgan fingerprint density at radius 3 is 2.20 bits per heavy atom. The topological polar surface area (TPSA) is 131 Å². The number of benzene rings is 2. The maximum Gasteiger partial charge on any atom is 0.469 e. The van der Waals surface area contributed by atoms with Crippen LogP contribution in [0.3, 0.4) is 0 Å².